The molecule has 2 aromatic carbocycles. The van der Waals surface area contributed by atoms with Crippen LogP contribution in [0.4, 0.5) is 0 Å². The predicted molar refractivity (Wildman–Crippen MR) is 135 cm³/mol. The summed E-state index contributed by atoms with van der Waals surface area (Å²) in [5.74, 6) is 0.504. The minimum Gasteiger partial charge on any atom is -0.301 e. The zero-order valence-electron chi connectivity index (χ0n) is 20.1. The van der Waals surface area contributed by atoms with E-state index in [1.807, 2.05) is 0 Å². The first-order valence-electron chi connectivity index (χ1n) is 12.8. The monoisotopic (exact) mass is 448 g/mol. The van der Waals surface area contributed by atoms with Crippen LogP contribution >= 0.6 is 0 Å². The predicted octanol–water partition coefficient (Wildman–Crippen LogP) is 2.63. The van der Waals surface area contributed by atoms with E-state index in [1.54, 1.807) is 0 Å². The van der Waals surface area contributed by atoms with Crippen LogP contribution in [0.5, 0.6) is 0 Å². The van der Waals surface area contributed by atoms with Crippen molar-refractivity contribution in [3.63, 3.8) is 0 Å². The molecule has 6 heteroatoms. The summed E-state index contributed by atoms with van der Waals surface area (Å²) < 4.78 is 0. The molecule has 5 rings (SSSR count). The van der Waals surface area contributed by atoms with Crippen molar-refractivity contribution < 1.29 is 0 Å². The van der Waals surface area contributed by atoms with Crippen molar-refractivity contribution in [1.29, 1.82) is 0 Å². The molecule has 0 amide bonds. The number of hydrogen-bond donors (Lipinski definition) is 4. The highest BCUT2D eigenvalue weighted by molar-refractivity contribution is 5.27. The van der Waals surface area contributed by atoms with Gasteiger partial charge in [0.1, 0.15) is 0 Å². The molecule has 2 aromatic rings. The van der Waals surface area contributed by atoms with Gasteiger partial charge in [0.2, 0.25) is 0 Å². The second kappa shape index (κ2) is 10.6. The third-order valence-electron chi connectivity index (χ3n) is 7.82. The number of nitrogens with zero attached hydrogens (tertiary/aromatic N) is 2. The molecule has 5 atom stereocenters. The number of fused-ring (bicyclic) bond motifs is 1. The van der Waals surface area contributed by atoms with E-state index in [2.05, 4.69) is 99.5 Å². The van der Waals surface area contributed by atoms with E-state index in [0.29, 0.717) is 30.3 Å². The molecule has 3 saturated heterocycles. The molecular weight excluding hydrogens is 408 g/mol. The van der Waals surface area contributed by atoms with E-state index in [0.717, 1.165) is 19.6 Å². The third kappa shape index (κ3) is 5.48. The summed E-state index contributed by atoms with van der Waals surface area (Å²) in [6, 6.07) is 20.8. The number of likely N-dealkylation sites (N-methyl/N-ethyl adjacent to an activating group) is 1. The topological polar surface area (TPSA) is 54.6 Å². The van der Waals surface area contributed by atoms with E-state index in [-0.39, 0.29) is 0 Å². The molecule has 0 spiro atoms. The van der Waals surface area contributed by atoms with Gasteiger partial charge in [-0.2, -0.15) is 0 Å². The number of rotatable bonds is 7. The zero-order valence-corrected chi connectivity index (χ0v) is 20.1. The van der Waals surface area contributed by atoms with Crippen LogP contribution < -0.4 is 21.3 Å². The van der Waals surface area contributed by atoms with Crippen LogP contribution in [0.3, 0.4) is 0 Å². The van der Waals surface area contributed by atoms with Gasteiger partial charge in [-0.15, -0.1) is 0 Å². The molecule has 0 aliphatic carbocycles. The van der Waals surface area contributed by atoms with E-state index in [9.17, 15) is 0 Å². The molecule has 3 aliphatic heterocycles. The minimum atomic E-state index is 0.296. The van der Waals surface area contributed by atoms with Gasteiger partial charge in [-0.1, -0.05) is 61.5 Å². The summed E-state index contributed by atoms with van der Waals surface area (Å²) in [6.45, 7) is 12.3. The van der Waals surface area contributed by atoms with Crippen LogP contribution in [0.1, 0.15) is 49.0 Å². The first-order chi connectivity index (χ1) is 16.2. The van der Waals surface area contributed by atoms with E-state index in [1.165, 1.54) is 49.4 Å². The summed E-state index contributed by atoms with van der Waals surface area (Å²) in [7, 11) is 0. The fourth-order valence-corrected chi connectivity index (χ4v) is 5.68. The van der Waals surface area contributed by atoms with Crippen molar-refractivity contribution >= 4 is 0 Å². The Balaban J connectivity index is 1.17. The Bertz CT molecular complexity index is 864. The van der Waals surface area contributed by atoms with E-state index in [4.69, 9.17) is 0 Å². The Kier molecular flexibility index (Phi) is 7.40. The van der Waals surface area contributed by atoms with Gasteiger partial charge >= 0.3 is 0 Å². The summed E-state index contributed by atoms with van der Waals surface area (Å²) in [5.41, 5.74) is 4.17. The van der Waals surface area contributed by atoms with Crippen molar-refractivity contribution in [2.24, 2.45) is 5.92 Å². The van der Waals surface area contributed by atoms with Gasteiger partial charge in [-0.3, -0.25) is 26.2 Å². The number of hydrogen-bond acceptors (Lipinski definition) is 6. The van der Waals surface area contributed by atoms with E-state index < -0.39 is 0 Å². The third-order valence-corrected chi connectivity index (χ3v) is 7.82. The lowest BCUT2D eigenvalue weighted by Gasteiger charge is -2.37. The first kappa shape index (κ1) is 23.0. The fraction of sp³-hybridized carbons (Fsp3) is 0.556. The van der Waals surface area contributed by atoms with Gasteiger partial charge in [-0.05, 0) is 36.6 Å². The highest BCUT2D eigenvalue weighted by Crippen LogP contribution is 2.34. The Morgan fingerprint density at radius 2 is 1.67 bits per heavy atom. The smallest absolute Gasteiger partial charge is 0.0644 e. The van der Waals surface area contributed by atoms with Crippen molar-refractivity contribution in [2.75, 3.05) is 39.4 Å². The molecule has 0 aromatic heterocycles. The van der Waals surface area contributed by atoms with Crippen molar-refractivity contribution in [3.8, 4) is 0 Å². The van der Waals surface area contributed by atoms with Gasteiger partial charge in [-0.25, -0.2) is 0 Å². The van der Waals surface area contributed by atoms with Crippen LogP contribution in [0.25, 0.3) is 0 Å². The lowest BCUT2D eigenvalue weighted by molar-refractivity contribution is 0.132. The highest BCUT2D eigenvalue weighted by atomic mass is 15.3. The quantitative estimate of drug-likeness (QED) is 0.523. The zero-order chi connectivity index (χ0) is 22.6. The number of nitrogens with one attached hydrogen (secondary N) is 4. The summed E-state index contributed by atoms with van der Waals surface area (Å²) in [5, 5.41) is 15.0. The molecule has 178 valence electrons. The van der Waals surface area contributed by atoms with E-state index >= 15 is 0 Å². The maximum absolute atomic E-state index is 3.86. The molecule has 3 heterocycles. The van der Waals surface area contributed by atoms with Crippen LogP contribution in [-0.4, -0.2) is 61.5 Å². The highest BCUT2D eigenvalue weighted by Gasteiger charge is 2.41. The summed E-state index contributed by atoms with van der Waals surface area (Å²) in [6.07, 6.45) is 1.76. The maximum atomic E-state index is 3.86. The van der Waals surface area contributed by atoms with Gasteiger partial charge in [0, 0.05) is 57.4 Å². The molecule has 6 nitrogen and oxygen atoms in total. The van der Waals surface area contributed by atoms with Crippen LogP contribution in [-0.2, 0) is 6.54 Å². The van der Waals surface area contributed by atoms with Gasteiger partial charge < -0.3 is 4.90 Å². The van der Waals surface area contributed by atoms with Crippen LogP contribution in [0.15, 0.2) is 54.6 Å². The van der Waals surface area contributed by atoms with Crippen molar-refractivity contribution in [2.45, 2.75) is 51.2 Å². The number of benzene rings is 2. The van der Waals surface area contributed by atoms with Crippen molar-refractivity contribution in [3.05, 3.63) is 71.3 Å². The molecule has 3 fully saturated rings. The Labute approximate surface area is 199 Å². The largest absolute Gasteiger partial charge is 0.301 e. The van der Waals surface area contributed by atoms with Crippen molar-refractivity contribution in [1.82, 2.24) is 31.1 Å². The van der Waals surface area contributed by atoms with Gasteiger partial charge in [0.05, 0.1) is 12.3 Å². The van der Waals surface area contributed by atoms with Crippen LogP contribution in [0, 0.1) is 5.92 Å². The average Bonchev–Trinajstić information content (AvgIpc) is 3.31. The summed E-state index contributed by atoms with van der Waals surface area (Å²) in [4.78, 5) is 5.12. The minimum absolute atomic E-state index is 0.296. The lowest BCUT2D eigenvalue weighted by Crippen LogP contribution is -2.63. The Morgan fingerprint density at radius 3 is 2.39 bits per heavy atom. The molecule has 0 bridgehead atoms. The second-order valence-corrected chi connectivity index (χ2v) is 9.91. The normalized spacial score (nSPS) is 29.6. The maximum Gasteiger partial charge on any atom is 0.0644 e. The van der Waals surface area contributed by atoms with Crippen LogP contribution in [0.2, 0.25) is 0 Å². The fourth-order valence-electron chi connectivity index (χ4n) is 5.68. The first-order valence-corrected chi connectivity index (χ1v) is 12.8. The molecule has 0 radical (unpaired) electrons. The number of piperazine rings is 1. The Morgan fingerprint density at radius 1 is 0.939 bits per heavy atom. The second-order valence-electron chi connectivity index (χ2n) is 9.91. The molecule has 3 aliphatic rings. The lowest BCUT2D eigenvalue weighted by atomic mass is 9.94. The molecule has 33 heavy (non-hydrogen) atoms. The summed E-state index contributed by atoms with van der Waals surface area (Å²) >= 11 is 0. The average molecular weight is 449 g/mol. The molecular formula is C27H40N6. The standard InChI is InChI=1S/C27H40N6/c1-3-32-13-15-33(16-14-32)18-21-9-11-23(12-10-21)25-17-24-26(28-19-29-27(24)31-25)30-20(2)22-7-5-4-6-8-22/h4-12,20,24-31H,3,13-19H2,1-2H3/t20-,24+,25-,26-,27+/m0/s1. The molecule has 0 unspecified atom stereocenters. The molecule has 0 saturated carbocycles. The SMILES string of the molecule is CCN1CCN(Cc2ccc([C@@H]3C[C@H]4[C@H](NCN[C@H]4N[C@@H](C)c4ccccc4)N3)cc2)CC1. The van der Waals surface area contributed by atoms with Gasteiger partial charge in [0.15, 0.2) is 0 Å². The van der Waals surface area contributed by atoms with Gasteiger partial charge in [0.25, 0.3) is 0 Å². The Hall–Kier alpha value is -1.80. The molecule has 4 N–H and O–H groups in total.